The van der Waals surface area contributed by atoms with Crippen molar-refractivity contribution in [2.75, 3.05) is 32.7 Å². The molecule has 0 unspecified atom stereocenters. The molecule has 1 aliphatic heterocycles. The lowest BCUT2D eigenvalue weighted by Crippen LogP contribution is -2.46. The Morgan fingerprint density at radius 1 is 0.969 bits per heavy atom. The SMILES string of the molecule is CCCN1CCN(Cn2nc3n(-c4ccccc4C)c(=O)c4ccccc4n3c2=S)CC1. The highest BCUT2D eigenvalue weighted by molar-refractivity contribution is 7.71. The molecule has 32 heavy (non-hydrogen) atoms. The molecular weight excluding hydrogens is 420 g/mol. The number of aryl methyl sites for hydroxylation is 1. The van der Waals surface area contributed by atoms with Gasteiger partial charge in [0.25, 0.3) is 5.56 Å². The van der Waals surface area contributed by atoms with Gasteiger partial charge < -0.3 is 4.90 Å². The number of aromatic nitrogens is 4. The van der Waals surface area contributed by atoms with Gasteiger partial charge in [-0.05, 0) is 55.9 Å². The van der Waals surface area contributed by atoms with Gasteiger partial charge in [0.1, 0.15) is 0 Å². The molecule has 1 saturated heterocycles. The average Bonchev–Trinajstić information content (AvgIpc) is 3.12. The lowest BCUT2D eigenvalue weighted by molar-refractivity contribution is 0.103. The molecule has 0 N–H and O–H groups in total. The molecule has 0 bridgehead atoms. The molecule has 0 amide bonds. The first-order valence-electron chi connectivity index (χ1n) is 11.2. The van der Waals surface area contributed by atoms with Crippen LogP contribution in [-0.2, 0) is 6.67 Å². The van der Waals surface area contributed by atoms with Crippen molar-refractivity contribution < 1.29 is 0 Å². The normalized spacial score (nSPS) is 15.7. The minimum absolute atomic E-state index is 0.0808. The molecule has 1 aliphatic rings. The van der Waals surface area contributed by atoms with Gasteiger partial charge in [-0.1, -0.05) is 37.3 Å². The number of piperazine rings is 1. The Bertz CT molecular complexity index is 1390. The van der Waals surface area contributed by atoms with Crippen molar-refractivity contribution in [1.82, 2.24) is 28.5 Å². The summed E-state index contributed by atoms with van der Waals surface area (Å²) in [5, 5.41) is 5.50. The fraction of sp³-hybridized carbons (Fsp3) is 0.375. The van der Waals surface area contributed by atoms with E-state index >= 15 is 0 Å². The molecule has 7 nitrogen and oxygen atoms in total. The van der Waals surface area contributed by atoms with Crippen molar-refractivity contribution in [3.05, 3.63) is 69.2 Å². The van der Waals surface area contributed by atoms with Crippen LogP contribution in [0, 0.1) is 11.7 Å². The van der Waals surface area contributed by atoms with Crippen LogP contribution in [0.3, 0.4) is 0 Å². The molecule has 5 rings (SSSR count). The first-order chi connectivity index (χ1) is 15.6. The Balaban J connectivity index is 1.65. The van der Waals surface area contributed by atoms with Crippen LogP contribution in [0.15, 0.2) is 53.3 Å². The third-order valence-electron chi connectivity index (χ3n) is 6.30. The fourth-order valence-corrected chi connectivity index (χ4v) is 4.87. The van der Waals surface area contributed by atoms with E-state index in [1.54, 1.807) is 4.57 Å². The minimum atomic E-state index is -0.0808. The van der Waals surface area contributed by atoms with E-state index < -0.39 is 0 Å². The van der Waals surface area contributed by atoms with Crippen molar-refractivity contribution in [2.45, 2.75) is 26.9 Å². The maximum atomic E-state index is 13.6. The molecule has 1 fully saturated rings. The molecule has 3 heterocycles. The van der Waals surface area contributed by atoms with Gasteiger partial charge in [-0.25, -0.2) is 9.25 Å². The van der Waals surface area contributed by atoms with Crippen LogP contribution in [0.1, 0.15) is 18.9 Å². The van der Waals surface area contributed by atoms with Crippen molar-refractivity contribution in [2.24, 2.45) is 0 Å². The maximum Gasteiger partial charge on any atom is 0.267 e. The Morgan fingerprint density at radius 3 is 2.41 bits per heavy atom. The van der Waals surface area contributed by atoms with E-state index in [0.717, 1.165) is 49.5 Å². The number of rotatable bonds is 5. The van der Waals surface area contributed by atoms with Crippen LogP contribution >= 0.6 is 12.2 Å². The maximum absolute atomic E-state index is 13.6. The number of fused-ring (bicyclic) bond motifs is 3. The summed E-state index contributed by atoms with van der Waals surface area (Å²) in [5.41, 5.74) is 2.55. The molecule has 0 atom stereocenters. The Labute approximate surface area is 192 Å². The quantitative estimate of drug-likeness (QED) is 0.438. The lowest BCUT2D eigenvalue weighted by atomic mass is 10.2. The van der Waals surface area contributed by atoms with Crippen molar-refractivity contribution in [3.63, 3.8) is 0 Å². The van der Waals surface area contributed by atoms with Crippen LogP contribution in [0.4, 0.5) is 0 Å². The Hall–Kier alpha value is -2.81. The summed E-state index contributed by atoms with van der Waals surface area (Å²) in [4.78, 5) is 18.4. The molecule has 0 spiro atoms. The van der Waals surface area contributed by atoms with Crippen LogP contribution < -0.4 is 5.56 Å². The lowest BCUT2D eigenvalue weighted by Gasteiger charge is -2.34. The number of nitrogens with zero attached hydrogens (tertiary/aromatic N) is 6. The second-order valence-electron chi connectivity index (χ2n) is 8.46. The highest BCUT2D eigenvalue weighted by atomic mass is 32.1. The van der Waals surface area contributed by atoms with Crippen molar-refractivity contribution >= 4 is 28.9 Å². The van der Waals surface area contributed by atoms with E-state index in [4.69, 9.17) is 17.3 Å². The standard InChI is InChI=1S/C24H28N6OS/c1-3-12-26-13-15-27(16-14-26)17-28-24(32)30-21-11-7-5-9-19(21)22(31)29(23(30)25-28)20-10-6-4-8-18(20)2/h4-11H,3,12-17H2,1-2H3. The highest BCUT2D eigenvalue weighted by Crippen LogP contribution is 2.20. The molecule has 4 aromatic rings. The number of hydrogen-bond acceptors (Lipinski definition) is 5. The minimum Gasteiger partial charge on any atom is -0.301 e. The number of para-hydroxylation sites is 2. The largest absolute Gasteiger partial charge is 0.301 e. The summed E-state index contributed by atoms with van der Waals surface area (Å²) in [6.45, 7) is 10.1. The average molecular weight is 449 g/mol. The predicted molar refractivity (Wildman–Crippen MR) is 130 cm³/mol. The zero-order valence-corrected chi connectivity index (χ0v) is 19.4. The third-order valence-corrected chi connectivity index (χ3v) is 6.69. The van der Waals surface area contributed by atoms with Crippen LogP contribution in [0.5, 0.6) is 0 Å². The molecule has 0 radical (unpaired) electrons. The summed E-state index contributed by atoms with van der Waals surface area (Å²) in [5.74, 6) is 0.553. The summed E-state index contributed by atoms with van der Waals surface area (Å²) in [6.07, 6.45) is 1.18. The predicted octanol–water partition coefficient (Wildman–Crippen LogP) is 3.46. The number of benzene rings is 2. The van der Waals surface area contributed by atoms with Crippen LogP contribution in [0.2, 0.25) is 0 Å². The smallest absolute Gasteiger partial charge is 0.267 e. The van der Waals surface area contributed by atoms with Crippen molar-refractivity contribution in [3.8, 4) is 5.69 Å². The molecular formula is C24H28N6OS. The van der Waals surface area contributed by atoms with E-state index in [1.807, 2.05) is 64.5 Å². The van der Waals surface area contributed by atoms with E-state index in [1.165, 1.54) is 6.42 Å². The summed E-state index contributed by atoms with van der Waals surface area (Å²) >= 11 is 5.88. The van der Waals surface area contributed by atoms with E-state index in [0.29, 0.717) is 22.6 Å². The van der Waals surface area contributed by atoms with Crippen LogP contribution in [-0.4, -0.2) is 61.3 Å². The fourth-order valence-electron chi connectivity index (χ4n) is 4.60. The van der Waals surface area contributed by atoms with Crippen molar-refractivity contribution in [1.29, 1.82) is 0 Å². The summed E-state index contributed by atoms with van der Waals surface area (Å²) in [7, 11) is 0. The molecule has 166 valence electrons. The van der Waals surface area contributed by atoms with E-state index in [9.17, 15) is 4.79 Å². The first-order valence-corrected chi connectivity index (χ1v) is 11.6. The van der Waals surface area contributed by atoms with Gasteiger partial charge in [0.15, 0.2) is 0 Å². The second kappa shape index (κ2) is 8.61. The third kappa shape index (κ3) is 3.58. The zero-order chi connectivity index (χ0) is 22.2. The highest BCUT2D eigenvalue weighted by Gasteiger charge is 2.20. The van der Waals surface area contributed by atoms with Gasteiger partial charge in [-0.2, -0.15) is 0 Å². The topological polar surface area (TPSA) is 50.7 Å². The van der Waals surface area contributed by atoms with Gasteiger partial charge in [-0.3, -0.25) is 14.1 Å². The van der Waals surface area contributed by atoms with Gasteiger partial charge >= 0.3 is 0 Å². The van der Waals surface area contributed by atoms with E-state index in [2.05, 4.69) is 16.7 Å². The van der Waals surface area contributed by atoms with Gasteiger partial charge in [0.2, 0.25) is 10.5 Å². The molecule has 8 heteroatoms. The van der Waals surface area contributed by atoms with E-state index in [-0.39, 0.29) is 5.56 Å². The molecule has 2 aromatic carbocycles. The Morgan fingerprint density at radius 2 is 1.66 bits per heavy atom. The van der Waals surface area contributed by atoms with Gasteiger partial charge in [-0.15, -0.1) is 5.10 Å². The first kappa shape index (κ1) is 21.1. The molecule has 0 saturated carbocycles. The molecule has 0 aliphatic carbocycles. The monoisotopic (exact) mass is 448 g/mol. The second-order valence-corrected chi connectivity index (χ2v) is 8.83. The Kier molecular flexibility index (Phi) is 5.67. The van der Waals surface area contributed by atoms with Gasteiger partial charge in [0.05, 0.1) is 23.3 Å². The van der Waals surface area contributed by atoms with Gasteiger partial charge in [0, 0.05) is 26.2 Å². The summed E-state index contributed by atoms with van der Waals surface area (Å²) < 4.78 is 6.10. The molecule has 2 aromatic heterocycles. The zero-order valence-electron chi connectivity index (χ0n) is 18.6. The van der Waals surface area contributed by atoms with Crippen LogP contribution in [0.25, 0.3) is 22.4 Å². The summed E-state index contributed by atoms with van der Waals surface area (Å²) in [6, 6.07) is 15.5. The number of hydrogen-bond donors (Lipinski definition) is 0.